The van der Waals surface area contributed by atoms with Crippen molar-refractivity contribution in [2.24, 2.45) is 4.99 Å². The standard InChI is InChI=1S/C13H20FN3S/c1-10(18-3)8-16-13(15-2)17-9-11-6-4-5-7-12(11)14/h4-7,10H,8-9H2,1-3H3,(H2,15,16,17). The normalized spacial score (nSPS) is 13.2. The molecule has 3 nitrogen and oxygen atoms in total. The zero-order valence-electron chi connectivity index (χ0n) is 11.0. The van der Waals surface area contributed by atoms with Crippen molar-refractivity contribution in [3.63, 3.8) is 0 Å². The van der Waals surface area contributed by atoms with E-state index < -0.39 is 0 Å². The summed E-state index contributed by atoms with van der Waals surface area (Å²) in [5.41, 5.74) is 0.637. The van der Waals surface area contributed by atoms with Gasteiger partial charge in [-0.1, -0.05) is 25.1 Å². The summed E-state index contributed by atoms with van der Waals surface area (Å²) in [6, 6.07) is 6.74. The molecule has 0 amide bonds. The fraction of sp³-hybridized carbons (Fsp3) is 0.462. The van der Waals surface area contributed by atoms with Crippen molar-refractivity contribution in [2.45, 2.75) is 18.7 Å². The zero-order chi connectivity index (χ0) is 13.4. The van der Waals surface area contributed by atoms with Crippen LogP contribution >= 0.6 is 11.8 Å². The van der Waals surface area contributed by atoms with Crippen LogP contribution in [0.2, 0.25) is 0 Å². The third kappa shape index (κ3) is 4.96. The summed E-state index contributed by atoms with van der Waals surface area (Å²) in [6.45, 7) is 3.40. The van der Waals surface area contributed by atoms with Crippen molar-refractivity contribution in [1.82, 2.24) is 10.6 Å². The van der Waals surface area contributed by atoms with Crippen LogP contribution < -0.4 is 10.6 Å². The van der Waals surface area contributed by atoms with Crippen LogP contribution in [0.4, 0.5) is 4.39 Å². The van der Waals surface area contributed by atoms with E-state index in [0.29, 0.717) is 23.3 Å². The van der Waals surface area contributed by atoms with E-state index in [1.54, 1.807) is 30.9 Å². The van der Waals surface area contributed by atoms with Crippen LogP contribution in [-0.2, 0) is 6.54 Å². The topological polar surface area (TPSA) is 36.4 Å². The number of nitrogens with one attached hydrogen (secondary N) is 2. The Morgan fingerprint density at radius 2 is 2.11 bits per heavy atom. The highest BCUT2D eigenvalue weighted by Crippen LogP contribution is 2.05. The average Bonchev–Trinajstić information content (AvgIpc) is 2.40. The maximum Gasteiger partial charge on any atom is 0.191 e. The summed E-state index contributed by atoms with van der Waals surface area (Å²) in [6.07, 6.45) is 2.07. The molecule has 5 heteroatoms. The lowest BCUT2D eigenvalue weighted by Gasteiger charge is -2.14. The van der Waals surface area contributed by atoms with Gasteiger partial charge in [0.2, 0.25) is 0 Å². The molecule has 0 aliphatic heterocycles. The number of nitrogens with zero attached hydrogens (tertiary/aromatic N) is 1. The van der Waals surface area contributed by atoms with Crippen LogP contribution in [0, 0.1) is 5.82 Å². The van der Waals surface area contributed by atoms with E-state index in [0.717, 1.165) is 6.54 Å². The maximum atomic E-state index is 13.4. The van der Waals surface area contributed by atoms with Gasteiger partial charge >= 0.3 is 0 Å². The molecule has 1 rings (SSSR count). The first-order valence-corrected chi connectivity index (χ1v) is 7.17. The number of halogens is 1. The van der Waals surface area contributed by atoms with Crippen molar-refractivity contribution in [1.29, 1.82) is 0 Å². The van der Waals surface area contributed by atoms with E-state index in [4.69, 9.17) is 0 Å². The maximum absolute atomic E-state index is 13.4. The average molecular weight is 269 g/mol. The Morgan fingerprint density at radius 1 is 1.39 bits per heavy atom. The molecule has 0 bridgehead atoms. The van der Waals surface area contributed by atoms with Crippen LogP contribution in [0.25, 0.3) is 0 Å². The number of rotatable bonds is 5. The second kappa shape index (κ2) is 7.97. The quantitative estimate of drug-likeness (QED) is 0.636. The molecule has 100 valence electrons. The van der Waals surface area contributed by atoms with E-state index >= 15 is 0 Å². The Balaban J connectivity index is 2.43. The number of hydrogen-bond acceptors (Lipinski definition) is 2. The number of guanidine groups is 1. The van der Waals surface area contributed by atoms with Gasteiger partial charge in [0.25, 0.3) is 0 Å². The van der Waals surface area contributed by atoms with Crippen LogP contribution in [0.3, 0.4) is 0 Å². The molecule has 0 heterocycles. The Morgan fingerprint density at radius 3 is 2.72 bits per heavy atom. The van der Waals surface area contributed by atoms with Gasteiger partial charge in [0.05, 0.1) is 0 Å². The summed E-state index contributed by atoms with van der Waals surface area (Å²) in [4.78, 5) is 4.10. The van der Waals surface area contributed by atoms with E-state index in [1.807, 2.05) is 6.07 Å². The molecule has 0 aliphatic carbocycles. The van der Waals surface area contributed by atoms with E-state index in [1.165, 1.54) is 6.07 Å². The SMILES string of the molecule is CN=C(NCc1ccccc1F)NCC(C)SC. The van der Waals surface area contributed by atoms with Crippen molar-refractivity contribution in [3.05, 3.63) is 35.6 Å². The largest absolute Gasteiger partial charge is 0.355 e. The lowest BCUT2D eigenvalue weighted by Crippen LogP contribution is -2.39. The predicted molar refractivity (Wildman–Crippen MR) is 77.6 cm³/mol. The number of aliphatic imine (C=N–C) groups is 1. The summed E-state index contributed by atoms with van der Waals surface area (Å²) in [5.74, 6) is 0.497. The van der Waals surface area contributed by atoms with Gasteiger partial charge in [0.1, 0.15) is 5.82 Å². The second-order valence-electron chi connectivity index (χ2n) is 3.94. The molecule has 0 aliphatic rings. The molecule has 1 aromatic rings. The summed E-state index contributed by atoms with van der Waals surface area (Å²) < 4.78 is 13.4. The van der Waals surface area contributed by atoms with E-state index in [-0.39, 0.29) is 5.82 Å². The molecule has 2 N–H and O–H groups in total. The van der Waals surface area contributed by atoms with Crippen molar-refractivity contribution < 1.29 is 4.39 Å². The summed E-state index contributed by atoms with van der Waals surface area (Å²) in [7, 11) is 1.71. The van der Waals surface area contributed by atoms with Gasteiger partial charge in [-0.2, -0.15) is 11.8 Å². The molecule has 0 aromatic heterocycles. The third-order valence-corrected chi connectivity index (χ3v) is 3.56. The molecule has 0 saturated heterocycles. The Kier molecular flexibility index (Phi) is 6.57. The number of benzene rings is 1. The summed E-state index contributed by atoms with van der Waals surface area (Å²) in [5, 5.41) is 6.81. The van der Waals surface area contributed by atoms with E-state index in [2.05, 4.69) is 28.8 Å². The molecule has 0 fully saturated rings. The minimum absolute atomic E-state index is 0.196. The molecule has 0 spiro atoms. The van der Waals surface area contributed by atoms with Crippen LogP contribution in [-0.4, -0.2) is 31.1 Å². The smallest absolute Gasteiger partial charge is 0.191 e. The predicted octanol–water partition coefficient (Wildman–Crippen LogP) is 2.24. The summed E-state index contributed by atoms with van der Waals surface area (Å²) >= 11 is 1.79. The second-order valence-corrected chi connectivity index (χ2v) is 5.22. The fourth-order valence-corrected chi connectivity index (χ4v) is 1.62. The van der Waals surface area contributed by atoms with Crippen molar-refractivity contribution in [3.8, 4) is 0 Å². The van der Waals surface area contributed by atoms with Gasteiger partial charge in [-0.25, -0.2) is 4.39 Å². The molecule has 0 saturated carbocycles. The Hall–Kier alpha value is -1.23. The van der Waals surface area contributed by atoms with Crippen molar-refractivity contribution >= 4 is 17.7 Å². The van der Waals surface area contributed by atoms with Gasteiger partial charge in [-0.05, 0) is 12.3 Å². The van der Waals surface area contributed by atoms with Gasteiger partial charge in [-0.3, -0.25) is 4.99 Å². The highest BCUT2D eigenvalue weighted by atomic mass is 32.2. The van der Waals surface area contributed by atoms with E-state index in [9.17, 15) is 4.39 Å². The third-order valence-electron chi connectivity index (χ3n) is 2.59. The fourth-order valence-electron chi connectivity index (χ4n) is 1.37. The minimum Gasteiger partial charge on any atom is -0.355 e. The first-order valence-electron chi connectivity index (χ1n) is 5.88. The molecular formula is C13H20FN3S. The Bertz CT molecular complexity index is 396. The lowest BCUT2D eigenvalue weighted by molar-refractivity contribution is 0.604. The van der Waals surface area contributed by atoms with Crippen LogP contribution in [0.5, 0.6) is 0 Å². The highest BCUT2D eigenvalue weighted by molar-refractivity contribution is 7.99. The van der Waals surface area contributed by atoms with Crippen molar-refractivity contribution in [2.75, 3.05) is 19.8 Å². The van der Waals surface area contributed by atoms with Gasteiger partial charge < -0.3 is 10.6 Å². The molecule has 1 aromatic carbocycles. The molecule has 1 atom stereocenters. The Labute approximate surface area is 112 Å². The minimum atomic E-state index is -0.196. The number of hydrogen-bond donors (Lipinski definition) is 2. The lowest BCUT2D eigenvalue weighted by atomic mass is 10.2. The monoisotopic (exact) mass is 269 g/mol. The molecule has 18 heavy (non-hydrogen) atoms. The molecule has 1 unspecified atom stereocenters. The molecular weight excluding hydrogens is 249 g/mol. The van der Waals surface area contributed by atoms with Gasteiger partial charge in [0.15, 0.2) is 5.96 Å². The van der Waals surface area contributed by atoms with Gasteiger partial charge in [-0.15, -0.1) is 0 Å². The first-order chi connectivity index (χ1) is 8.67. The number of thioether (sulfide) groups is 1. The zero-order valence-corrected chi connectivity index (χ0v) is 11.9. The first kappa shape index (κ1) is 14.8. The highest BCUT2D eigenvalue weighted by Gasteiger charge is 2.04. The molecule has 0 radical (unpaired) electrons. The van der Waals surface area contributed by atoms with Crippen LogP contribution in [0.15, 0.2) is 29.3 Å². The van der Waals surface area contributed by atoms with Gasteiger partial charge in [0, 0.05) is 31.0 Å². The van der Waals surface area contributed by atoms with Crippen LogP contribution in [0.1, 0.15) is 12.5 Å².